The summed E-state index contributed by atoms with van der Waals surface area (Å²) in [5.74, 6) is -0.276. The zero-order valence-corrected chi connectivity index (χ0v) is 27.4. The van der Waals surface area contributed by atoms with Crippen molar-refractivity contribution in [2.24, 2.45) is 11.8 Å². The van der Waals surface area contributed by atoms with Crippen LogP contribution in [-0.4, -0.2) is 70.7 Å². The van der Waals surface area contributed by atoms with Crippen LogP contribution in [0.2, 0.25) is 0 Å². The van der Waals surface area contributed by atoms with E-state index >= 15 is 0 Å². The summed E-state index contributed by atoms with van der Waals surface area (Å²) in [6.45, 7) is 0.350. The normalized spacial score (nSPS) is 18.3. The van der Waals surface area contributed by atoms with Crippen molar-refractivity contribution in [3.8, 4) is 22.5 Å². The van der Waals surface area contributed by atoms with Gasteiger partial charge in [0.25, 0.3) is 0 Å². The molecule has 4 aromatic rings. The average molecular weight is 687 g/mol. The number of amides is 3. The molecule has 6 N–H and O–H groups in total. The zero-order valence-electron chi connectivity index (χ0n) is 26.6. The van der Waals surface area contributed by atoms with Gasteiger partial charge in [-0.15, -0.1) is 5.10 Å². The lowest BCUT2D eigenvalue weighted by molar-refractivity contribution is -0.130. The number of aromatic nitrogens is 4. The number of rotatable bonds is 13. The smallest absolute Gasteiger partial charge is 0.404 e. The molecule has 256 valence electrons. The number of carboxylic acid groups (broad SMARTS) is 1. The summed E-state index contributed by atoms with van der Waals surface area (Å²) in [6.07, 6.45) is 3.39. The summed E-state index contributed by atoms with van der Waals surface area (Å²) in [4.78, 5) is 38.4. The predicted octanol–water partition coefficient (Wildman–Crippen LogP) is 3.71. The summed E-state index contributed by atoms with van der Waals surface area (Å²) >= 11 is 0. The topological polar surface area (TPSA) is 208 Å². The van der Waals surface area contributed by atoms with E-state index in [0.717, 1.165) is 29.5 Å². The van der Waals surface area contributed by atoms with E-state index in [2.05, 4.69) is 41.3 Å². The third-order valence-electron chi connectivity index (χ3n) is 8.91. The Morgan fingerprint density at radius 3 is 2.27 bits per heavy atom. The van der Waals surface area contributed by atoms with Gasteiger partial charge >= 0.3 is 6.09 Å². The second kappa shape index (κ2) is 15.0. The molecule has 6 rings (SSSR count). The number of nitrogens with zero attached hydrogens (tertiary/aromatic N) is 3. The van der Waals surface area contributed by atoms with E-state index in [1.54, 1.807) is 42.5 Å². The molecule has 2 saturated carbocycles. The van der Waals surface area contributed by atoms with Gasteiger partial charge in [-0.1, -0.05) is 36.4 Å². The quantitative estimate of drug-likeness (QED) is 0.121. The van der Waals surface area contributed by atoms with Crippen molar-refractivity contribution in [3.05, 3.63) is 78.4 Å². The maximum Gasteiger partial charge on any atom is 0.404 e. The van der Waals surface area contributed by atoms with Gasteiger partial charge in [0.2, 0.25) is 21.8 Å². The number of carbonyl (C=O) groups is 3. The van der Waals surface area contributed by atoms with E-state index in [9.17, 15) is 22.8 Å². The zero-order chi connectivity index (χ0) is 34.4. The molecule has 0 bridgehead atoms. The van der Waals surface area contributed by atoms with Crippen molar-refractivity contribution in [1.29, 1.82) is 0 Å². The number of nitrogens with one attached hydrogen (secondary N) is 5. The number of sulfonamides is 1. The monoisotopic (exact) mass is 686 g/mol. The second-order valence-electron chi connectivity index (χ2n) is 12.6. The molecule has 2 aliphatic rings. The van der Waals surface area contributed by atoms with Gasteiger partial charge < -0.3 is 21.1 Å². The molecular formula is C34H38N8O6S. The van der Waals surface area contributed by atoms with E-state index in [0.29, 0.717) is 49.3 Å². The molecule has 3 aromatic carbocycles. The van der Waals surface area contributed by atoms with Crippen LogP contribution in [0.15, 0.2) is 77.7 Å². The molecule has 1 heterocycles. The Morgan fingerprint density at radius 1 is 0.878 bits per heavy atom. The Balaban J connectivity index is 1.18. The van der Waals surface area contributed by atoms with Gasteiger partial charge in [-0.25, -0.2) is 23.0 Å². The first-order valence-electron chi connectivity index (χ1n) is 16.3. The summed E-state index contributed by atoms with van der Waals surface area (Å²) in [5, 5.41) is 31.0. The lowest BCUT2D eigenvalue weighted by atomic mass is 9.81. The number of anilines is 1. The lowest BCUT2D eigenvalue weighted by Crippen LogP contribution is -2.48. The van der Waals surface area contributed by atoms with Crippen LogP contribution in [0.1, 0.15) is 44.1 Å². The fraction of sp³-hybridized carbons (Fsp3) is 0.353. The summed E-state index contributed by atoms with van der Waals surface area (Å²) in [7, 11) is -3.64. The molecule has 3 amide bonds. The Labute approximate surface area is 283 Å². The number of aromatic amines is 1. The Bertz CT molecular complexity index is 1890. The van der Waals surface area contributed by atoms with Gasteiger partial charge in [0.05, 0.1) is 4.90 Å². The van der Waals surface area contributed by atoms with E-state index < -0.39 is 28.1 Å². The molecule has 0 spiro atoms. The second-order valence-corrected chi connectivity index (χ2v) is 14.3. The van der Waals surface area contributed by atoms with Gasteiger partial charge in [0.1, 0.15) is 6.04 Å². The fourth-order valence-corrected chi connectivity index (χ4v) is 7.38. The van der Waals surface area contributed by atoms with Gasteiger partial charge in [-0.3, -0.25) is 9.59 Å². The third kappa shape index (κ3) is 9.06. The maximum absolute atomic E-state index is 13.8. The molecule has 49 heavy (non-hydrogen) atoms. The first-order valence-corrected chi connectivity index (χ1v) is 17.7. The highest BCUT2D eigenvalue weighted by Gasteiger charge is 2.31. The minimum Gasteiger partial charge on any atom is -0.465 e. The van der Waals surface area contributed by atoms with Crippen molar-refractivity contribution in [1.82, 2.24) is 36.0 Å². The fourth-order valence-electron chi connectivity index (χ4n) is 6.03. The first kappa shape index (κ1) is 33.7. The van der Waals surface area contributed by atoms with E-state index in [-0.39, 0.29) is 35.1 Å². The molecule has 0 saturated heterocycles. The minimum absolute atomic E-state index is 0.0113. The van der Waals surface area contributed by atoms with Crippen LogP contribution in [0.5, 0.6) is 0 Å². The van der Waals surface area contributed by atoms with Crippen molar-refractivity contribution in [2.75, 3.05) is 11.9 Å². The highest BCUT2D eigenvalue weighted by Crippen LogP contribution is 2.30. The van der Waals surface area contributed by atoms with Crippen LogP contribution in [0.25, 0.3) is 22.5 Å². The van der Waals surface area contributed by atoms with Crippen LogP contribution < -0.4 is 20.7 Å². The van der Waals surface area contributed by atoms with Crippen LogP contribution in [0.3, 0.4) is 0 Å². The molecule has 2 aliphatic carbocycles. The predicted molar refractivity (Wildman–Crippen MR) is 181 cm³/mol. The molecular weight excluding hydrogens is 648 g/mol. The number of H-pyrrole nitrogens is 1. The molecule has 14 nitrogen and oxygen atoms in total. The molecule has 2 fully saturated rings. The highest BCUT2D eigenvalue weighted by molar-refractivity contribution is 7.89. The first-order chi connectivity index (χ1) is 23.6. The van der Waals surface area contributed by atoms with Crippen LogP contribution in [0, 0.1) is 11.8 Å². The van der Waals surface area contributed by atoms with Gasteiger partial charge in [0.15, 0.2) is 5.82 Å². The Morgan fingerprint density at radius 2 is 1.59 bits per heavy atom. The average Bonchev–Trinajstić information content (AvgIpc) is 3.73. The number of tetrazole rings is 1. The largest absolute Gasteiger partial charge is 0.465 e. The number of carbonyl (C=O) groups excluding carboxylic acids is 2. The standard InChI is InChI=1S/C34H38N8O6S/c43-32(24-9-7-21(8-10-24)20-35-34(45)46)37-30(33(44)36-27-13-11-23(12-14-27)31-38-41-42-39-31)18-22-3-1-4-25(17-22)26-5-2-6-29(19-26)49(47,48)40-28-15-16-28/h1-6,11-14,17,19,21,24,28,30,35,40H,7-10,15-16,18,20H2,(H,36,44)(H,37,43)(H,45,46)(H,38,39,41,42)/t21-,24-,30-/m0/s1. The molecule has 0 aliphatic heterocycles. The van der Waals surface area contributed by atoms with E-state index in [4.69, 9.17) is 5.11 Å². The molecule has 0 unspecified atom stereocenters. The highest BCUT2D eigenvalue weighted by atomic mass is 32.2. The SMILES string of the molecule is O=C(O)NC[C@H]1CC[C@H](C(=O)N[C@@H](Cc2cccc(-c3cccc(S(=O)(=O)NC4CC4)c3)c2)C(=O)Nc2ccc(-c3nnn[nH]3)cc2)CC1. The van der Waals surface area contributed by atoms with Gasteiger partial charge in [-0.05, 0) is 108 Å². The van der Waals surface area contributed by atoms with Crippen LogP contribution >= 0.6 is 0 Å². The Kier molecular flexibility index (Phi) is 10.3. The molecule has 1 atom stereocenters. The van der Waals surface area contributed by atoms with Crippen LogP contribution in [-0.2, 0) is 26.0 Å². The minimum atomic E-state index is -3.64. The molecule has 15 heteroatoms. The lowest BCUT2D eigenvalue weighted by Gasteiger charge is -2.29. The number of benzene rings is 3. The van der Waals surface area contributed by atoms with E-state index in [1.165, 1.54) is 0 Å². The number of hydrogen-bond acceptors (Lipinski definition) is 8. The van der Waals surface area contributed by atoms with Crippen molar-refractivity contribution in [3.63, 3.8) is 0 Å². The number of hydrogen-bond donors (Lipinski definition) is 6. The molecule has 0 radical (unpaired) electrons. The Hall–Kier alpha value is -5.15. The van der Waals surface area contributed by atoms with Gasteiger partial charge in [0, 0.05) is 36.2 Å². The van der Waals surface area contributed by atoms with E-state index in [1.807, 2.05) is 30.3 Å². The summed E-state index contributed by atoms with van der Waals surface area (Å²) < 4.78 is 28.4. The van der Waals surface area contributed by atoms with Crippen molar-refractivity contribution < 1.29 is 27.9 Å². The van der Waals surface area contributed by atoms with Gasteiger partial charge in [-0.2, -0.15) is 0 Å². The molecule has 1 aromatic heterocycles. The summed E-state index contributed by atoms with van der Waals surface area (Å²) in [6, 6.07) is 20.3. The van der Waals surface area contributed by atoms with Crippen molar-refractivity contribution >= 4 is 33.6 Å². The van der Waals surface area contributed by atoms with Crippen LogP contribution in [0.4, 0.5) is 10.5 Å². The maximum atomic E-state index is 13.8. The van der Waals surface area contributed by atoms with Crippen molar-refractivity contribution in [2.45, 2.75) is 61.9 Å². The summed E-state index contributed by atoms with van der Waals surface area (Å²) in [5.41, 5.74) is 3.52. The third-order valence-corrected chi connectivity index (χ3v) is 10.4.